The quantitative estimate of drug-likeness (QED) is 0.685. The SMILES string of the molecule is CC.COC(=O)c1cc(-c2cccs2)cnc1Nc1nccs1. The molecule has 3 rings (SSSR count). The van der Waals surface area contributed by atoms with Crippen LogP contribution in [0.25, 0.3) is 10.4 Å². The molecule has 0 amide bonds. The van der Waals surface area contributed by atoms with E-state index in [1.807, 2.05) is 36.7 Å². The Morgan fingerprint density at radius 3 is 2.65 bits per heavy atom. The van der Waals surface area contributed by atoms with Crippen LogP contribution >= 0.6 is 22.7 Å². The molecule has 0 aliphatic carbocycles. The lowest BCUT2D eigenvalue weighted by Gasteiger charge is -2.09. The highest BCUT2D eigenvalue weighted by molar-refractivity contribution is 7.13. The number of rotatable bonds is 4. The van der Waals surface area contributed by atoms with E-state index in [0.717, 1.165) is 10.4 Å². The van der Waals surface area contributed by atoms with Crippen molar-refractivity contribution < 1.29 is 9.53 Å². The van der Waals surface area contributed by atoms with Crippen molar-refractivity contribution in [3.05, 3.63) is 46.9 Å². The first kappa shape index (κ1) is 17.1. The summed E-state index contributed by atoms with van der Waals surface area (Å²) in [5.41, 5.74) is 1.27. The summed E-state index contributed by atoms with van der Waals surface area (Å²) in [7, 11) is 1.35. The lowest BCUT2D eigenvalue weighted by molar-refractivity contribution is 0.0601. The summed E-state index contributed by atoms with van der Waals surface area (Å²) in [6.07, 6.45) is 3.42. The molecule has 0 saturated heterocycles. The number of hydrogen-bond donors (Lipinski definition) is 1. The Labute approximate surface area is 143 Å². The number of anilines is 2. The first-order chi connectivity index (χ1) is 11.3. The van der Waals surface area contributed by atoms with Crippen LogP contribution in [-0.4, -0.2) is 23.0 Å². The number of nitrogens with zero attached hydrogens (tertiary/aromatic N) is 2. The molecule has 5 nitrogen and oxygen atoms in total. The van der Waals surface area contributed by atoms with Crippen molar-refractivity contribution in [1.29, 1.82) is 0 Å². The second-order valence-corrected chi connectivity index (χ2v) is 5.89. The molecule has 3 aromatic rings. The maximum Gasteiger partial charge on any atom is 0.341 e. The van der Waals surface area contributed by atoms with Crippen LogP contribution in [-0.2, 0) is 4.74 Å². The molecule has 0 saturated carbocycles. The molecule has 0 atom stereocenters. The zero-order valence-electron chi connectivity index (χ0n) is 13.1. The highest BCUT2D eigenvalue weighted by Gasteiger charge is 2.16. The van der Waals surface area contributed by atoms with E-state index in [1.54, 1.807) is 29.8 Å². The lowest BCUT2D eigenvalue weighted by Crippen LogP contribution is -2.07. The minimum Gasteiger partial charge on any atom is -0.465 e. The maximum absolute atomic E-state index is 12.0. The van der Waals surface area contributed by atoms with Gasteiger partial charge in [0, 0.05) is 28.2 Å². The predicted molar refractivity (Wildman–Crippen MR) is 95.6 cm³/mol. The van der Waals surface area contributed by atoms with Gasteiger partial charge in [0.1, 0.15) is 11.4 Å². The van der Waals surface area contributed by atoms with E-state index in [9.17, 15) is 4.79 Å². The van der Waals surface area contributed by atoms with Gasteiger partial charge < -0.3 is 10.1 Å². The first-order valence-electron chi connectivity index (χ1n) is 7.06. The molecule has 0 aliphatic rings. The van der Waals surface area contributed by atoms with Crippen LogP contribution in [0.15, 0.2) is 41.4 Å². The monoisotopic (exact) mass is 347 g/mol. The fourth-order valence-electron chi connectivity index (χ4n) is 1.79. The number of esters is 1. The Hall–Kier alpha value is -2.25. The number of thiazole rings is 1. The van der Waals surface area contributed by atoms with E-state index in [4.69, 9.17) is 4.74 Å². The van der Waals surface area contributed by atoms with Crippen LogP contribution < -0.4 is 5.32 Å². The van der Waals surface area contributed by atoms with Crippen molar-refractivity contribution in [3.8, 4) is 10.4 Å². The number of methoxy groups -OCH3 is 1. The molecule has 7 heteroatoms. The number of thiophene rings is 1. The lowest BCUT2D eigenvalue weighted by atomic mass is 10.1. The van der Waals surface area contributed by atoms with E-state index in [2.05, 4.69) is 15.3 Å². The maximum atomic E-state index is 12.0. The van der Waals surface area contributed by atoms with Gasteiger partial charge in [0.25, 0.3) is 0 Å². The largest absolute Gasteiger partial charge is 0.465 e. The summed E-state index contributed by atoms with van der Waals surface area (Å²) in [4.78, 5) is 21.5. The van der Waals surface area contributed by atoms with Gasteiger partial charge in [0.2, 0.25) is 0 Å². The fourth-order valence-corrected chi connectivity index (χ4v) is 3.03. The topological polar surface area (TPSA) is 64.1 Å². The van der Waals surface area contributed by atoms with Gasteiger partial charge in [-0.3, -0.25) is 0 Å². The van der Waals surface area contributed by atoms with Gasteiger partial charge in [-0.25, -0.2) is 14.8 Å². The zero-order chi connectivity index (χ0) is 16.7. The molecule has 3 heterocycles. The van der Waals surface area contributed by atoms with Crippen molar-refractivity contribution in [2.75, 3.05) is 12.4 Å². The van der Waals surface area contributed by atoms with E-state index in [0.29, 0.717) is 16.5 Å². The molecular weight excluding hydrogens is 330 g/mol. The van der Waals surface area contributed by atoms with Crippen LogP contribution in [0.2, 0.25) is 0 Å². The summed E-state index contributed by atoms with van der Waals surface area (Å²) in [6, 6.07) is 5.72. The minimum absolute atomic E-state index is 0.388. The van der Waals surface area contributed by atoms with Crippen LogP contribution in [0.4, 0.5) is 10.9 Å². The third-order valence-corrected chi connectivity index (χ3v) is 4.36. The van der Waals surface area contributed by atoms with E-state index in [-0.39, 0.29) is 0 Å². The summed E-state index contributed by atoms with van der Waals surface area (Å²) in [5.74, 6) is 0.0112. The molecule has 3 aromatic heterocycles. The molecule has 1 N–H and O–H groups in total. The molecule has 23 heavy (non-hydrogen) atoms. The molecule has 0 aliphatic heterocycles. The molecule has 0 fully saturated rings. The van der Waals surface area contributed by atoms with Crippen LogP contribution in [0.5, 0.6) is 0 Å². The van der Waals surface area contributed by atoms with Crippen LogP contribution in [0.3, 0.4) is 0 Å². The van der Waals surface area contributed by atoms with Crippen molar-refractivity contribution in [2.45, 2.75) is 13.8 Å². The summed E-state index contributed by atoms with van der Waals surface area (Å²) >= 11 is 3.03. The van der Waals surface area contributed by atoms with Crippen molar-refractivity contribution in [3.63, 3.8) is 0 Å². The van der Waals surface area contributed by atoms with Gasteiger partial charge in [-0.05, 0) is 17.5 Å². The van der Waals surface area contributed by atoms with Crippen LogP contribution in [0, 0.1) is 0 Å². The normalized spacial score (nSPS) is 9.70. The Bertz CT molecular complexity index is 741. The second kappa shape index (κ2) is 8.40. The number of nitrogens with one attached hydrogen (secondary N) is 1. The predicted octanol–water partition coefficient (Wildman–Crippen LogP) is 4.82. The van der Waals surface area contributed by atoms with Gasteiger partial charge in [0.15, 0.2) is 5.13 Å². The van der Waals surface area contributed by atoms with Gasteiger partial charge in [-0.2, -0.15) is 0 Å². The van der Waals surface area contributed by atoms with Gasteiger partial charge in [0.05, 0.1) is 7.11 Å². The zero-order valence-corrected chi connectivity index (χ0v) is 14.7. The molecular formula is C16H17N3O2S2. The Balaban J connectivity index is 0.000000924. The van der Waals surface area contributed by atoms with Gasteiger partial charge in [-0.1, -0.05) is 19.9 Å². The van der Waals surface area contributed by atoms with Crippen molar-refractivity contribution in [1.82, 2.24) is 9.97 Å². The Kier molecular flexibility index (Phi) is 6.25. The molecule has 0 radical (unpaired) electrons. The number of hydrogen-bond acceptors (Lipinski definition) is 7. The number of aromatic nitrogens is 2. The Morgan fingerprint density at radius 2 is 2.04 bits per heavy atom. The molecule has 0 aromatic carbocycles. The van der Waals surface area contributed by atoms with Gasteiger partial charge in [-0.15, -0.1) is 22.7 Å². The van der Waals surface area contributed by atoms with Crippen molar-refractivity contribution >= 4 is 39.6 Å². The highest BCUT2D eigenvalue weighted by Crippen LogP contribution is 2.28. The summed E-state index contributed by atoms with van der Waals surface area (Å²) in [5, 5.41) is 7.54. The first-order valence-corrected chi connectivity index (χ1v) is 8.82. The number of pyridine rings is 1. The van der Waals surface area contributed by atoms with E-state index in [1.165, 1.54) is 18.4 Å². The molecule has 0 bridgehead atoms. The molecule has 0 spiro atoms. The third-order valence-electron chi connectivity index (χ3n) is 2.76. The molecule has 0 unspecified atom stereocenters. The highest BCUT2D eigenvalue weighted by atomic mass is 32.1. The average Bonchev–Trinajstić information content (AvgIpc) is 3.30. The van der Waals surface area contributed by atoms with Gasteiger partial charge >= 0.3 is 5.97 Å². The number of carbonyl (C=O) groups is 1. The third kappa shape index (κ3) is 4.14. The van der Waals surface area contributed by atoms with Crippen molar-refractivity contribution in [2.24, 2.45) is 0 Å². The van der Waals surface area contributed by atoms with E-state index >= 15 is 0 Å². The minimum atomic E-state index is -0.431. The second-order valence-electron chi connectivity index (χ2n) is 4.05. The molecule has 120 valence electrons. The average molecular weight is 347 g/mol. The number of carbonyl (C=O) groups excluding carboxylic acids is 1. The smallest absolute Gasteiger partial charge is 0.341 e. The summed E-state index contributed by atoms with van der Waals surface area (Å²) in [6.45, 7) is 4.00. The van der Waals surface area contributed by atoms with Crippen LogP contribution in [0.1, 0.15) is 24.2 Å². The number of ether oxygens (including phenoxy) is 1. The standard InChI is InChI=1S/C14H11N3O2S2.C2H6/c1-19-13(18)10-7-9(11-3-2-5-20-11)8-16-12(10)17-14-15-4-6-21-14;1-2/h2-8H,1H3,(H,15,16,17);1-2H3. The Morgan fingerprint density at radius 1 is 1.22 bits per heavy atom. The fraction of sp³-hybridized carbons (Fsp3) is 0.188. The van der Waals surface area contributed by atoms with E-state index < -0.39 is 5.97 Å². The summed E-state index contributed by atoms with van der Waals surface area (Å²) < 4.78 is 4.84.